The lowest BCUT2D eigenvalue weighted by atomic mass is 10.2. The number of nitrogens with zero attached hydrogens (tertiary/aromatic N) is 4. The van der Waals surface area contributed by atoms with Crippen molar-refractivity contribution in [3.8, 4) is 0 Å². The van der Waals surface area contributed by atoms with Crippen molar-refractivity contribution in [2.75, 3.05) is 5.32 Å². The smallest absolute Gasteiger partial charge is 0.274 e. The van der Waals surface area contributed by atoms with Crippen LogP contribution in [-0.4, -0.2) is 19.7 Å². The monoisotopic (exact) mass is 269 g/mol. The summed E-state index contributed by atoms with van der Waals surface area (Å²) in [6.07, 6.45) is 3.17. The van der Waals surface area contributed by atoms with Crippen LogP contribution in [0, 0.1) is 10.1 Å². The van der Waals surface area contributed by atoms with Gasteiger partial charge in [-0.05, 0) is 18.2 Å². The first-order valence-electron chi connectivity index (χ1n) is 5.93. The quantitative estimate of drug-likeness (QED) is 0.583. The summed E-state index contributed by atoms with van der Waals surface area (Å²) in [6, 6.07) is 8.48. The van der Waals surface area contributed by atoms with Gasteiger partial charge in [0.1, 0.15) is 5.82 Å². The molecular formula is C13H11N5O2. The van der Waals surface area contributed by atoms with Crippen molar-refractivity contribution in [3.05, 3.63) is 52.8 Å². The highest BCUT2D eigenvalue weighted by molar-refractivity contribution is 5.83. The van der Waals surface area contributed by atoms with Crippen molar-refractivity contribution in [2.24, 2.45) is 7.05 Å². The van der Waals surface area contributed by atoms with Gasteiger partial charge in [0.25, 0.3) is 5.69 Å². The lowest BCUT2D eigenvalue weighted by molar-refractivity contribution is -0.384. The van der Waals surface area contributed by atoms with E-state index in [4.69, 9.17) is 0 Å². The number of aryl methyl sites for hydroxylation is 1. The molecule has 0 saturated carbocycles. The molecule has 100 valence electrons. The molecule has 0 saturated heterocycles. The van der Waals surface area contributed by atoms with Crippen molar-refractivity contribution in [2.45, 2.75) is 0 Å². The lowest BCUT2D eigenvalue weighted by Crippen LogP contribution is -1.95. The molecule has 0 aliphatic rings. The Kier molecular flexibility index (Phi) is 2.79. The molecular weight excluding hydrogens is 258 g/mol. The zero-order valence-electron chi connectivity index (χ0n) is 10.6. The molecule has 0 aliphatic carbocycles. The number of benzene rings is 1. The summed E-state index contributed by atoms with van der Waals surface area (Å²) in [5.74, 6) is 0.433. The van der Waals surface area contributed by atoms with Gasteiger partial charge in [0.2, 0.25) is 0 Å². The third kappa shape index (κ3) is 2.16. The van der Waals surface area contributed by atoms with E-state index in [1.54, 1.807) is 10.9 Å². The van der Waals surface area contributed by atoms with Crippen LogP contribution >= 0.6 is 0 Å². The fraction of sp³-hybridized carbons (Fsp3) is 0.0769. The molecule has 3 aromatic rings. The molecule has 0 amide bonds. The summed E-state index contributed by atoms with van der Waals surface area (Å²) < 4.78 is 1.78. The minimum absolute atomic E-state index is 0.00459. The Morgan fingerprint density at radius 2 is 2.15 bits per heavy atom. The van der Waals surface area contributed by atoms with E-state index < -0.39 is 4.92 Å². The second-order valence-electron chi connectivity index (χ2n) is 4.32. The Bertz CT molecular complexity index is 796. The molecule has 0 unspecified atom stereocenters. The SMILES string of the molecule is Cn1ncc2cc(Nc3cc([N+](=O)[O-])ccn3)ccc21. The van der Waals surface area contributed by atoms with Crippen LogP contribution < -0.4 is 5.32 Å². The predicted molar refractivity (Wildman–Crippen MR) is 74.9 cm³/mol. The van der Waals surface area contributed by atoms with Crippen molar-refractivity contribution < 1.29 is 4.92 Å². The Morgan fingerprint density at radius 1 is 1.30 bits per heavy atom. The van der Waals surface area contributed by atoms with Gasteiger partial charge in [-0.25, -0.2) is 4.98 Å². The number of aromatic nitrogens is 3. The highest BCUT2D eigenvalue weighted by atomic mass is 16.6. The van der Waals surface area contributed by atoms with Crippen LogP contribution in [-0.2, 0) is 7.05 Å². The Balaban J connectivity index is 1.92. The van der Waals surface area contributed by atoms with Crippen LogP contribution in [0.3, 0.4) is 0 Å². The van der Waals surface area contributed by atoms with Gasteiger partial charge in [-0.3, -0.25) is 14.8 Å². The average Bonchev–Trinajstić information content (AvgIpc) is 2.80. The Hall–Kier alpha value is -2.96. The highest BCUT2D eigenvalue weighted by Gasteiger charge is 2.07. The molecule has 0 radical (unpaired) electrons. The third-order valence-electron chi connectivity index (χ3n) is 2.97. The van der Waals surface area contributed by atoms with Crippen LogP contribution in [0.25, 0.3) is 10.9 Å². The molecule has 1 aromatic carbocycles. The maximum Gasteiger partial charge on any atom is 0.274 e. The predicted octanol–water partition coefficient (Wildman–Crippen LogP) is 2.62. The number of anilines is 2. The van der Waals surface area contributed by atoms with Crippen molar-refractivity contribution >= 4 is 28.1 Å². The van der Waals surface area contributed by atoms with Gasteiger partial charge in [-0.1, -0.05) is 0 Å². The van der Waals surface area contributed by atoms with Crippen LogP contribution in [0.15, 0.2) is 42.7 Å². The number of pyridine rings is 1. The van der Waals surface area contributed by atoms with E-state index in [-0.39, 0.29) is 5.69 Å². The van der Waals surface area contributed by atoms with Crippen molar-refractivity contribution in [1.29, 1.82) is 0 Å². The van der Waals surface area contributed by atoms with E-state index in [0.717, 1.165) is 16.6 Å². The molecule has 1 N–H and O–H groups in total. The number of rotatable bonds is 3. The number of hydrogen-bond acceptors (Lipinski definition) is 5. The van der Waals surface area contributed by atoms with Gasteiger partial charge in [0.15, 0.2) is 0 Å². The summed E-state index contributed by atoms with van der Waals surface area (Å²) >= 11 is 0. The van der Waals surface area contributed by atoms with E-state index in [2.05, 4.69) is 15.4 Å². The molecule has 7 heteroatoms. The molecule has 2 aromatic heterocycles. The topological polar surface area (TPSA) is 85.9 Å². The first-order chi connectivity index (χ1) is 9.63. The molecule has 0 fully saturated rings. The first kappa shape index (κ1) is 12.1. The Labute approximate surface area is 114 Å². The molecule has 0 bridgehead atoms. The van der Waals surface area contributed by atoms with Gasteiger partial charge in [-0.2, -0.15) is 5.10 Å². The van der Waals surface area contributed by atoms with Gasteiger partial charge < -0.3 is 5.32 Å². The van der Waals surface area contributed by atoms with E-state index in [9.17, 15) is 10.1 Å². The van der Waals surface area contributed by atoms with Crippen molar-refractivity contribution in [1.82, 2.24) is 14.8 Å². The molecule has 0 atom stereocenters. The van der Waals surface area contributed by atoms with E-state index in [1.165, 1.54) is 18.3 Å². The summed E-state index contributed by atoms with van der Waals surface area (Å²) in [5.41, 5.74) is 1.83. The molecule has 2 heterocycles. The van der Waals surface area contributed by atoms with E-state index >= 15 is 0 Å². The van der Waals surface area contributed by atoms with E-state index in [1.807, 2.05) is 25.2 Å². The number of hydrogen-bond donors (Lipinski definition) is 1. The largest absolute Gasteiger partial charge is 0.340 e. The molecule has 20 heavy (non-hydrogen) atoms. The molecule has 0 spiro atoms. The van der Waals surface area contributed by atoms with E-state index in [0.29, 0.717) is 5.82 Å². The minimum Gasteiger partial charge on any atom is -0.340 e. The standard InChI is InChI=1S/C13H11N5O2/c1-17-12-3-2-10(6-9(12)8-15-17)16-13-7-11(18(19)20)4-5-14-13/h2-8H,1H3,(H,14,16). The van der Waals surface area contributed by atoms with Gasteiger partial charge >= 0.3 is 0 Å². The average molecular weight is 269 g/mol. The summed E-state index contributed by atoms with van der Waals surface area (Å²) in [7, 11) is 1.87. The number of nitrogens with one attached hydrogen (secondary N) is 1. The summed E-state index contributed by atoms with van der Waals surface area (Å²) in [5, 5.41) is 18.9. The fourth-order valence-corrected chi connectivity index (χ4v) is 1.99. The zero-order valence-corrected chi connectivity index (χ0v) is 10.6. The highest BCUT2D eigenvalue weighted by Crippen LogP contribution is 2.22. The normalized spacial score (nSPS) is 10.7. The van der Waals surface area contributed by atoms with Crippen molar-refractivity contribution in [3.63, 3.8) is 0 Å². The second kappa shape index (κ2) is 4.61. The lowest BCUT2D eigenvalue weighted by Gasteiger charge is -2.05. The maximum absolute atomic E-state index is 10.7. The summed E-state index contributed by atoms with van der Waals surface area (Å²) in [4.78, 5) is 14.3. The minimum atomic E-state index is -0.447. The Morgan fingerprint density at radius 3 is 2.95 bits per heavy atom. The molecule has 3 rings (SSSR count). The third-order valence-corrected chi connectivity index (χ3v) is 2.97. The number of nitro groups is 1. The fourth-order valence-electron chi connectivity index (χ4n) is 1.99. The molecule has 0 aliphatic heterocycles. The second-order valence-corrected chi connectivity index (χ2v) is 4.32. The summed E-state index contributed by atoms with van der Waals surface area (Å²) in [6.45, 7) is 0. The maximum atomic E-state index is 10.7. The van der Waals surface area contributed by atoms with Gasteiger partial charge in [-0.15, -0.1) is 0 Å². The van der Waals surface area contributed by atoms with Crippen LogP contribution in [0.4, 0.5) is 17.2 Å². The number of fused-ring (bicyclic) bond motifs is 1. The first-order valence-corrected chi connectivity index (χ1v) is 5.93. The van der Waals surface area contributed by atoms with Crippen LogP contribution in [0.2, 0.25) is 0 Å². The van der Waals surface area contributed by atoms with Crippen LogP contribution in [0.5, 0.6) is 0 Å². The van der Waals surface area contributed by atoms with Crippen LogP contribution in [0.1, 0.15) is 0 Å². The molecule has 7 nitrogen and oxygen atoms in total. The zero-order chi connectivity index (χ0) is 14.1. The van der Waals surface area contributed by atoms with Gasteiger partial charge in [0.05, 0.1) is 22.7 Å². The van der Waals surface area contributed by atoms with Gasteiger partial charge in [0, 0.05) is 30.4 Å².